The first kappa shape index (κ1) is 25.4. The predicted octanol–water partition coefficient (Wildman–Crippen LogP) is 5.66. The van der Waals surface area contributed by atoms with Crippen LogP contribution in [0.5, 0.6) is 0 Å². The molecule has 10 heteroatoms. The van der Waals surface area contributed by atoms with Crippen molar-refractivity contribution in [2.75, 3.05) is 26.2 Å². The van der Waals surface area contributed by atoms with Crippen molar-refractivity contribution in [1.29, 1.82) is 0 Å². The van der Waals surface area contributed by atoms with Crippen molar-refractivity contribution in [1.82, 2.24) is 24.7 Å². The molecule has 0 radical (unpaired) electrons. The van der Waals surface area contributed by atoms with Crippen LogP contribution in [0.3, 0.4) is 0 Å². The van der Waals surface area contributed by atoms with Gasteiger partial charge in [0.1, 0.15) is 11.6 Å². The van der Waals surface area contributed by atoms with E-state index in [1.807, 2.05) is 24.3 Å². The number of hydrogen-bond acceptors (Lipinski definition) is 5. The van der Waals surface area contributed by atoms with Gasteiger partial charge in [-0.05, 0) is 53.7 Å². The van der Waals surface area contributed by atoms with Crippen molar-refractivity contribution in [2.24, 2.45) is 5.10 Å². The van der Waals surface area contributed by atoms with E-state index in [1.165, 1.54) is 24.3 Å². The van der Waals surface area contributed by atoms with E-state index in [4.69, 9.17) is 23.8 Å². The van der Waals surface area contributed by atoms with Gasteiger partial charge in [0.25, 0.3) is 0 Å². The van der Waals surface area contributed by atoms with Gasteiger partial charge in [-0.1, -0.05) is 54.1 Å². The zero-order chi connectivity index (χ0) is 25.8. The Morgan fingerprint density at radius 1 is 0.919 bits per heavy atom. The number of hydrogen-bond donors (Lipinski definition) is 1. The Balaban J connectivity index is 1.30. The molecule has 1 N–H and O–H groups in total. The SMILES string of the molecule is Fc1ccc(C(c2ccc(F)cc2)N2CCN(Cc3n[nH]c(=S)n3/N=C/c3ccccc3Cl)CC2)cc1. The van der Waals surface area contributed by atoms with E-state index >= 15 is 0 Å². The summed E-state index contributed by atoms with van der Waals surface area (Å²) >= 11 is 11.6. The zero-order valence-corrected chi connectivity index (χ0v) is 21.5. The molecular formula is C27H25ClF2N6S. The fourth-order valence-electron chi connectivity index (χ4n) is 4.53. The van der Waals surface area contributed by atoms with Crippen LogP contribution in [0.4, 0.5) is 8.78 Å². The lowest BCUT2D eigenvalue weighted by Gasteiger charge is -2.39. The minimum Gasteiger partial charge on any atom is -0.293 e. The van der Waals surface area contributed by atoms with Crippen molar-refractivity contribution in [3.63, 3.8) is 0 Å². The molecule has 1 fully saturated rings. The van der Waals surface area contributed by atoms with Crippen LogP contribution >= 0.6 is 23.8 Å². The van der Waals surface area contributed by atoms with Gasteiger partial charge in [0.15, 0.2) is 5.82 Å². The van der Waals surface area contributed by atoms with Crippen molar-refractivity contribution in [3.8, 4) is 0 Å². The molecule has 1 aliphatic rings. The Kier molecular flexibility index (Phi) is 7.85. The maximum Gasteiger partial charge on any atom is 0.216 e. The van der Waals surface area contributed by atoms with E-state index in [0.29, 0.717) is 22.2 Å². The molecule has 2 heterocycles. The molecule has 190 valence electrons. The highest BCUT2D eigenvalue weighted by molar-refractivity contribution is 7.71. The number of aromatic amines is 1. The van der Waals surface area contributed by atoms with Gasteiger partial charge < -0.3 is 0 Å². The van der Waals surface area contributed by atoms with Crippen LogP contribution in [0.2, 0.25) is 5.02 Å². The second-order valence-electron chi connectivity index (χ2n) is 8.84. The van der Waals surface area contributed by atoms with Crippen LogP contribution in [0.15, 0.2) is 77.9 Å². The number of aromatic nitrogens is 3. The smallest absolute Gasteiger partial charge is 0.216 e. The molecule has 0 atom stereocenters. The number of nitrogens with zero attached hydrogens (tertiary/aromatic N) is 5. The highest BCUT2D eigenvalue weighted by Gasteiger charge is 2.27. The third kappa shape index (κ3) is 6.02. The summed E-state index contributed by atoms with van der Waals surface area (Å²) in [5.74, 6) is 0.143. The molecule has 1 saturated heterocycles. The topological polar surface area (TPSA) is 52.4 Å². The summed E-state index contributed by atoms with van der Waals surface area (Å²) in [4.78, 5) is 4.62. The third-order valence-corrected chi connectivity index (χ3v) is 7.05. The van der Waals surface area contributed by atoms with Crippen LogP contribution in [0, 0.1) is 16.4 Å². The first-order valence-electron chi connectivity index (χ1n) is 11.9. The molecule has 0 spiro atoms. The van der Waals surface area contributed by atoms with Crippen molar-refractivity contribution in [3.05, 3.63) is 117 Å². The quantitative estimate of drug-likeness (QED) is 0.244. The Bertz CT molecular complexity index is 1380. The summed E-state index contributed by atoms with van der Waals surface area (Å²) in [5.41, 5.74) is 2.73. The number of rotatable bonds is 7. The van der Waals surface area contributed by atoms with Crippen LogP contribution in [-0.4, -0.2) is 57.1 Å². The van der Waals surface area contributed by atoms with Crippen LogP contribution < -0.4 is 0 Å². The third-order valence-electron chi connectivity index (χ3n) is 6.44. The van der Waals surface area contributed by atoms with Crippen LogP contribution in [0.1, 0.15) is 28.6 Å². The van der Waals surface area contributed by atoms with Gasteiger partial charge in [-0.25, -0.2) is 8.78 Å². The largest absolute Gasteiger partial charge is 0.293 e. The maximum atomic E-state index is 13.6. The van der Waals surface area contributed by atoms with Gasteiger partial charge in [-0.2, -0.15) is 14.9 Å². The molecule has 4 aromatic rings. The number of benzene rings is 3. The summed E-state index contributed by atoms with van der Waals surface area (Å²) < 4.78 is 29.2. The number of halogens is 3. The minimum absolute atomic E-state index is 0.0989. The Morgan fingerprint density at radius 2 is 1.51 bits per heavy atom. The zero-order valence-electron chi connectivity index (χ0n) is 19.9. The lowest BCUT2D eigenvalue weighted by Crippen LogP contribution is -2.47. The van der Waals surface area contributed by atoms with Crippen LogP contribution in [0.25, 0.3) is 0 Å². The molecule has 0 unspecified atom stereocenters. The monoisotopic (exact) mass is 538 g/mol. The summed E-state index contributed by atoms with van der Waals surface area (Å²) in [7, 11) is 0. The fourth-order valence-corrected chi connectivity index (χ4v) is 4.91. The van der Waals surface area contributed by atoms with E-state index in [9.17, 15) is 8.78 Å². The van der Waals surface area contributed by atoms with Gasteiger partial charge in [0.2, 0.25) is 4.77 Å². The first-order chi connectivity index (χ1) is 18.0. The lowest BCUT2D eigenvalue weighted by molar-refractivity contribution is 0.102. The highest BCUT2D eigenvalue weighted by Crippen LogP contribution is 2.30. The van der Waals surface area contributed by atoms with Crippen molar-refractivity contribution >= 4 is 30.0 Å². The van der Waals surface area contributed by atoms with E-state index in [2.05, 4.69) is 25.1 Å². The minimum atomic E-state index is -0.281. The molecule has 0 amide bonds. The molecule has 3 aromatic carbocycles. The Hall–Kier alpha value is -3.24. The van der Waals surface area contributed by atoms with Gasteiger partial charge in [0.05, 0.1) is 18.8 Å². The summed E-state index contributed by atoms with van der Waals surface area (Å²) in [5, 5.41) is 12.3. The van der Waals surface area contributed by atoms with E-state index in [0.717, 1.165) is 42.9 Å². The average Bonchev–Trinajstić information content (AvgIpc) is 3.25. The van der Waals surface area contributed by atoms with Gasteiger partial charge in [0, 0.05) is 36.8 Å². The highest BCUT2D eigenvalue weighted by atomic mass is 35.5. The molecule has 5 rings (SSSR count). The van der Waals surface area contributed by atoms with Crippen LogP contribution in [-0.2, 0) is 6.54 Å². The summed E-state index contributed by atoms with van der Waals surface area (Å²) in [6.07, 6.45) is 1.67. The second kappa shape index (κ2) is 11.4. The van der Waals surface area contributed by atoms with Gasteiger partial charge in [-0.3, -0.25) is 14.9 Å². The van der Waals surface area contributed by atoms with E-state index in [1.54, 1.807) is 35.2 Å². The lowest BCUT2D eigenvalue weighted by atomic mass is 9.96. The molecule has 0 saturated carbocycles. The average molecular weight is 539 g/mol. The fraction of sp³-hybridized carbons (Fsp3) is 0.222. The number of piperazine rings is 1. The second-order valence-corrected chi connectivity index (χ2v) is 9.63. The Labute approximate surface area is 223 Å². The van der Waals surface area contributed by atoms with Crippen molar-refractivity contribution in [2.45, 2.75) is 12.6 Å². The molecule has 6 nitrogen and oxygen atoms in total. The summed E-state index contributed by atoms with van der Waals surface area (Å²) in [6, 6.07) is 20.4. The van der Waals surface area contributed by atoms with E-state index < -0.39 is 0 Å². The molecule has 0 bridgehead atoms. The number of nitrogens with one attached hydrogen (secondary N) is 1. The summed E-state index contributed by atoms with van der Waals surface area (Å²) in [6.45, 7) is 3.68. The Morgan fingerprint density at radius 3 is 2.11 bits per heavy atom. The predicted molar refractivity (Wildman–Crippen MR) is 143 cm³/mol. The van der Waals surface area contributed by atoms with E-state index in [-0.39, 0.29) is 17.7 Å². The van der Waals surface area contributed by atoms with Gasteiger partial charge >= 0.3 is 0 Å². The van der Waals surface area contributed by atoms with Gasteiger partial charge in [-0.15, -0.1) is 0 Å². The molecule has 37 heavy (non-hydrogen) atoms. The molecule has 1 aliphatic heterocycles. The molecule has 0 aliphatic carbocycles. The molecular weight excluding hydrogens is 514 g/mol. The standard InChI is InChI=1S/C27H25ClF2N6S/c28-24-4-2-1-3-21(24)17-31-36-25(32-33-27(36)37)18-34-13-15-35(16-14-34)26(19-5-9-22(29)10-6-19)20-7-11-23(30)12-8-20/h1-12,17,26H,13-16,18H2,(H,33,37)/b31-17+. The number of H-pyrrole nitrogens is 1. The normalized spacial score (nSPS) is 15.1. The first-order valence-corrected chi connectivity index (χ1v) is 12.7. The van der Waals surface area contributed by atoms with Crippen molar-refractivity contribution < 1.29 is 8.78 Å². The molecule has 1 aromatic heterocycles. The maximum absolute atomic E-state index is 13.6.